The third kappa shape index (κ3) is 1.96. The lowest BCUT2D eigenvalue weighted by molar-refractivity contribution is 0.410. The topological polar surface area (TPSA) is 72.0 Å². The van der Waals surface area contributed by atoms with Crippen LogP contribution in [0.4, 0.5) is 0 Å². The van der Waals surface area contributed by atoms with Crippen LogP contribution in [0.2, 0.25) is 0 Å². The Balaban J connectivity index is 1.88. The quantitative estimate of drug-likeness (QED) is 0.880. The summed E-state index contributed by atoms with van der Waals surface area (Å²) >= 11 is 0. The molecule has 1 fully saturated rings. The fourth-order valence-corrected chi connectivity index (χ4v) is 2.52. The van der Waals surface area contributed by atoms with E-state index in [0.717, 1.165) is 24.6 Å². The van der Waals surface area contributed by atoms with Crippen LogP contribution < -0.4 is 0 Å². The maximum atomic E-state index is 9.69. The molecule has 2 unspecified atom stereocenters. The Bertz CT molecular complexity index is 553. The van der Waals surface area contributed by atoms with Gasteiger partial charge in [0.25, 0.3) is 5.89 Å². The van der Waals surface area contributed by atoms with Gasteiger partial charge in [-0.2, -0.15) is 4.98 Å². The lowest BCUT2D eigenvalue weighted by Crippen LogP contribution is -1.96. The Morgan fingerprint density at radius 2 is 2.28 bits per heavy atom. The van der Waals surface area contributed by atoms with Crippen LogP contribution in [0.1, 0.15) is 37.9 Å². The molecule has 0 spiro atoms. The molecule has 0 saturated heterocycles. The fraction of sp³-hybridized carbons (Fsp3) is 0.462. The number of hydrogen-bond acceptors (Lipinski definition) is 5. The molecule has 0 aromatic carbocycles. The van der Waals surface area contributed by atoms with Crippen molar-refractivity contribution in [3.63, 3.8) is 0 Å². The van der Waals surface area contributed by atoms with E-state index < -0.39 is 0 Å². The number of pyridine rings is 1. The molecule has 1 aliphatic carbocycles. The van der Waals surface area contributed by atoms with Gasteiger partial charge in [0.15, 0.2) is 5.82 Å². The summed E-state index contributed by atoms with van der Waals surface area (Å²) in [6, 6.07) is 1.67. The maximum Gasteiger partial charge on any atom is 0.261 e. The number of rotatable bonds is 2. The Kier molecular flexibility index (Phi) is 2.74. The van der Waals surface area contributed by atoms with Crippen LogP contribution in [-0.2, 0) is 0 Å². The van der Waals surface area contributed by atoms with E-state index in [1.165, 1.54) is 12.6 Å². The lowest BCUT2D eigenvalue weighted by atomic mass is 10.1. The van der Waals surface area contributed by atoms with Crippen molar-refractivity contribution in [3.05, 3.63) is 24.3 Å². The Morgan fingerprint density at radius 1 is 1.39 bits per heavy atom. The van der Waals surface area contributed by atoms with Crippen molar-refractivity contribution in [2.75, 3.05) is 0 Å². The molecule has 0 bridgehead atoms. The molecule has 2 atom stereocenters. The van der Waals surface area contributed by atoms with Gasteiger partial charge in [0, 0.05) is 12.1 Å². The number of nitrogens with zero attached hydrogens (tertiary/aromatic N) is 3. The van der Waals surface area contributed by atoms with Crippen molar-refractivity contribution in [2.45, 2.75) is 32.1 Å². The standard InChI is InChI=1S/C13H15N3O2/c1-8-2-3-9(6-8)12-15-13(18-16-12)10-4-5-14-7-11(10)17/h4-5,7-9,17H,2-3,6H2,1H3. The smallest absolute Gasteiger partial charge is 0.261 e. The van der Waals surface area contributed by atoms with Crippen LogP contribution in [0, 0.1) is 5.92 Å². The van der Waals surface area contributed by atoms with Gasteiger partial charge < -0.3 is 9.63 Å². The van der Waals surface area contributed by atoms with Gasteiger partial charge in [-0.15, -0.1) is 0 Å². The van der Waals surface area contributed by atoms with Gasteiger partial charge in [0.2, 0.25) is 0 Å². The third-order valence-corrected chi connectivity index (χ3v) is 3.53. The van der Waals surface area contributed by atoms with Crippen molar-refractivity contribution >= 4 is 0 Å². The summed E-state index contributed by atoms with van der Waals surface area (Å²) in [7, 11) is 0. The molecular formula is C13H15N3O2. The molecule has 1 saturated carbocycles. The summed E-state index contributed by atoms with van der Waals surface area (Å²) < 4.78 is 5.23. The number of aromatic hydroxyl groups is 1. The monoisotopic (exact) mass is 245 g/mol. The van der Waals surface area contributed by atoms with Crippen LogP contribution in [0.15, 0.2) is 23.0 Å². The fourth-order valence-electron chi connectivity index (χ4n) is 2.52. The van der Waals surface area contributed by atoms with Crippen molar-refractivity contribution in [3.8, 4) is 17.2 Å². The van der Waals surface area contributed by atoms with E-state index in [0.29, 0.717) is 17.4 Å². The highest BCUT2D eigenvalue weighted by Crippen LogP contribution is 2.37. The molecule has 5 nitrogen and oxygen atoms in total. The van der Waals surface area contributed by atoms with Crippen LogP contribution in [0.5, 0.6) is 5.75 Å². The zero-order valence-corrected chi connectivity index (χ0v) is 10.2. The number of aromatic nitrogens is 3. The molecular weight excluding hydrogens is 230 g/mol. The van der Waals surface area contributed by atoms with Gasteiger partial charge in [0.1, 0.15) is 5.75 Å². The van der Waals surface area contributed by atoms with Crippen molar-refractivity contribution in [1.29, 1.82) is 0 Å². The summed E-state index contributed by atoms with van der Waals surface area (Å²) in [5, 5.41) is 13.7. The molecule has 0 radical (unpaired) electrons. The molecule has 1 N–H and O–H groups in total. The van der Waals surface area contributed by atoms with E-state index >= 15 is 0 Å². The molecule has 94 valence electrons. The molecule has 5 heteroatoms. The molecule has 0 amide bonds. The van der Waals surface area contributed by atoms with Gasteiger partial charge in [-0.25, -0.2) is 0 Å². The summed E-state index contributed by atoms with van der Waals surface area (Å²) in [6.45, 7) is 2.25. The van der Waals surface area contributed by atoms with Crippen molar-refractivity contribution < 1.29 is 9.63 Å². The van der Waals surface area contributed by atoms with Crippen LogP contribution in [-0.4, -0.2) is 20.2 Å². The van der Waals surface area contributed by atoms with Gasteiger partial charge in [0.05, 0.1) is 11.8 Å². The Hall–Kier alpha value is -1.91. The van der Waals surface area contributed by atoms with E-state index in [-0.39, 0.29) is 5.75 Å². The van der Waals surface area contributed by atoms with E-state index in [4.69, 9.17) is 4.52 Å². The number of hydrogen-bond donors (Lipinski definition) is 1. The van der Waals surface area contributed by atoms with E-state index in [9.17, 15) is 5.11 Å². The minimum absolute atomic E-state index is 0.0625. The molecule has 1 aliphatic rings. The van der Waals surface area contributed by atoms with Crippen molar-refractivity contribution in [2.24, 2.45) is 5.92 Å². The molecule has 2 aromatic rings. The van der Waals surface area contributed by atoms with Crippen LogP contribution >= 0.6 is 0 Å². The van der Waals surface area contributed by atoms with Crippen molar-refractivity contribution in [1.82, 2.24) is 15.1 Å². The molecule has 0 aliphatic heterocycles. The zero-order chi connectivity index (χ0) is 12.5. The van der Waals surface area contributed by atoms with Crippen LogP contribution in [0.25, 0.3) is 11.5 Å². The molecule has 2 aromatic heterocycles. The molecule has 3 rings (SSSR count). The van der Waals surface area contributed by atoms with E-state index in [1.54, 1.807) is 12.3 Å². The molecule has 18 heavy (non-hydrogen) atoms. The predicted molar refractivity (Wildman–Crippen MR) is 64.9 cm³/mol. The van der Waals surface area contributed by atoms with Crippen LogP contribution in [0.3, 0.4) is 0 Å². The highest BCUT2D eigenvalue weighted by Gasteiger charge is 2.27. The average Bonchev–Trinajstić information content (AvgIpc) is 2.98. The summed E-state index contributed by atoms with van der Waals surface area (Å²) in [5.74, 6) is 2.30. The minimum Gasteiger partial charge on any atom is -0.505 e. The summed E-state index contributed by atoms with van der Waals surface area (Å²) in [6.07, 6.45) is 6.41. The Labute approximate surface area is 105 Å². The second-order valence-corrected chi connectivity index (χ2v) is 4.97. The highest BCUT2D eigenvalue weighted by molar-refractivity contribution is 5.60. The summed E-state index contributed by atoms with van der Waals surface area (Å²) in [5.41, 5.74) is 0.537. The zero-order valence-electron chi connectivity index (χ0n) is 10.2. The normalized spacial score (nSPS) is 23.4. The minimum atomic E-state index is 0.0625. The second-order valence-electron chi connectivity index (χ2n) is 4.97. The first-order valence-electron chi connectivity index (χ1n) is 6.21. The van der Waals surface area contributed by atoms with E-state index in [2.05, 4.69) is 22.0 Å². The average molecular weight is 245 g/mol. The highest BCUT2D eigenvalue weighted by atomic mass is 16.5. The molecule has 2 heterocycles. The van der Waals surface area contributed by atoms with Gasteiger partial charge in [-0.1, -0.05) is 12.1 Å². The Morgan fingerprint density at radius 3 is 3.00 bits per heavy atom. The summed E-state index contributed by atoms with van der Waals surface area (Å²) in [4.78, 5) is 8.22. The van der Waals surface area contributed by atoms with Gasteiger partial charge >= 0.3 is 0 Å². The SMILES string of the molecule is CC1CCC(c2noc(-c3ccncc3O)n2)C1. The lowest BCUT2D eigenvalue weighted by Gasteiger charge is -2.01. The second kappa shape index (κ2) is 4.40. The maximum absolute atomic E-state index is 9.69. The first-order valence-corrected chi connectivity index (χ1v) is 6.21. The van der Waals surface area contributed by atoms with E-state index in [1.807, 2.05) is 0 Å². The van der Waals surface area contributed by atoms with Gasteiger partial charge in [-0.3, -0.25) is 4.98 Å². The third-order valence-electron chi connectivity index (χ3n) is 3.53. The first kappa shape index (κ1) is 11.2. The first-order chi connectivity index (χ1) is 8.74. The largest absolute Gasteiger partial charge is 0.505 e. The van der Waals surface area contributed by atoms with Gasteiger partial charge in [-0.05, 0) is 31.2 Å². The predicted octanol–water partition coefficient (Wildman–Crippen LogP) is 2.74.